The van der Waals surface area contributed by atoms with Crippen LogP contribution in [0.4, 0.5) is 5.69 Å². The third kappa shape index (κ3) is 2.79. The van der Waals surface area contributed by atoms with Gasteiger partial charge in [-0.2, -0.15) is 0 Å². The normalized spacial score (nSPS) is 11.7. The first kappa shape index (κ1) is 15.5. The van der Waals surface area contributed by atoms with Crippen LogP contribution in [-0.4, -0.2) is 13.5 Å². The van der Waals surface area contributed by atoms with Crippen LogP contribution in [0.25, 0.3) is 21.5 Å². The van der Waals surface area contributed by atoms with Crippen LogP contribution in [0, 0.1) is 0 Å². The largest absolute Gasteiger partial charge is 0.507 e. The molecule has 5 heteroatoms. The van der Waals surface area contributed by atoms with Gasteiger partial charge in [0.25, 0.3) is 10.0 Å². The Morgan fingerprint density at radius 1 is 0.720 bits per heavy atom. The summed E-state index contributed by atoms with van der Waals surface area (Å²) in [6.07, 6.45) is 0. The van der Waals surface area contributed by atoms with Crippen molar-refractivity contribution in [2.24, 2.45) is 0 Å². The summed E-state index contributed by atoms with van der Waals surface area (Å²) in [5, 5.41) is 13.0. The lowest BCUT2D eigenvalue weighted by Crippen LogP contribution is -2.13. The quantitative estimate of drug-likeness (QED) is 0.535. The lowest BCUT2D eigenvalue weighted by Gasteiger charge is -2.12. The standard InChI is InChI=1S/C20H15NO3S/c22-20-12-11-19(17-7-3-4-8-18(17)20)21-25(23,24)16-10-9-14-5-1-2-6-15(14)13-16/h1-13,21-22H. The fraction of sp³-hybridized carbons (Fsp3) is 0. The molecule has 0 aromatic heterocycles. The first-order valence-corrected chi connectivity index (χ1v) is 9.25. The minimum absolute atomic E-state index is 0.115. The maximum absolute atomic E-state index is 12.8. The van der Waals surface area contributed by atoms with Gasteiger partial charge in [-0.1, -0.05) is 54.6 Å². The molecular weight excluding hydrogens is 334 g/mol. The van der Waals surface area contributed by atoms with Gasteiger partial charge in [0.05, 0.1) is 10.6 Å². The van der Waals surface area contributed by atoms with Gasteiger partial charge in [0.1, 0.15) is 5.75 Å². The van der Waals surface area contributed by atoms with Gasteiger partial charge in [0.15, 0.2) is 0 Å². The Morgan fingerprint density at radius 3 is 2.20 bits per heavy atom. The molecule has 0 heterocycles. The highest BCUT2D eigenvalue weighted by Gasteiger charge is 2.16. The molecule has 4 aromatic rings. The Morgan fingerprint density at radius 2 is 1.40 bits per heavy atom. The fourth-order valence-electron chi connectivity index (χ4n) is 2.91. The average Bonchev–Trinajstić information content (AvgIpc) is 2.64. The molecule has 0 spiro atoms. The third-order valence-corrected chi connectivity index (χ3v) is 5.54. The van der Waals surface area contributed by atoms with Crippen LogP contribution < -0.4 is 4.72 Å². The van der Waals surface area contributed by atoms with Gasteiger partial charge in [-0.3, -0.25) is 4.72 Å². The molecule has 0 amide bonds. The zero-order chi connectivity index (χ0) is 17.4. The molecule has 0 unspecified atom stereocenters. The predicted octanol–water partition coefficient (Wildman–Crippen LogP) is 4.50. The van der Waals surface area contributed by atoms with Crippen LogP contribution in [0.1, 0.15) is 0 Å². The summed E-state index contributed by atoms with van der Waals surface area (Å²) in [5.41, 5.74) is 0.432. The molecule has 4 nitrogen and oxygen atoms in total. The topological polar surface area (TPSA) is 66.4 Å². The maximum Gasteiger partial charge on any atom is 0.261 e. The molecule has 4 rings (SSSR count). The third-order valence-electron chi connectivity index (χ3n) is 4.18. The number of phenolic OH excluding ortho intramolecular Hbond substituents is 1. The Labute approximate surface area is 145 Å². The average molecular weight is 349 g/mol. The van der Waals surface area contributed by atoms with Crippen molar-refractivity contribution in [3.8, 4) is 5.75 Å². The minimum Gasteiger partial charge on any atom is -0.507 e. The summed E-state index contributed by atoms with van der Waals surface area (Å²) in [5.74, 6) is 0.115. The van der Waals surface area contributed by atoms with Crippen LogP contribution in [-0.2, 0) is 10.0 Å². The molecule has 0 aliphatic carbocycles. The van der Waals surface area contributed by atoms with E-state index in [4.69, 9.17) is 0 Å². The van der Waals surface area contributed by atoms with E-state index in [1.54, 1.807) is 48.5 Å². The lowest BCUT2D eigenvalue weighted by molar-refractivity contribution is 0.481. The number of sulfonamides is 1. The van der Waals surface area contributed by atoms with Crippen molar-refractivity contribution < 1.29 is 13.5 Å². The second kappa shape index (κ2) is 5.79. The van der Waals surface area contributed by atoms with Crippen LogP contribution in [0.2, 0.25) is 0 Å². The smallest absolute Gasteiger partial charge is 0.261 e. The molecule has 0 saturated carbocycles. The number of hydrogen-bond acceptors (Lipinski definition) is 3. The van der Waals surface area contributed by atoms with E-state index in [1.165, 1.54) is 6.07 Å². The van der Waals surface area contributed by atoms with Gasteiger partial charge in [-0.25, -0.2) is 8.42 Å². The van der Waals surface area contributed by atoms with Gasteiger partial charge in [-0.15, -0.1) is 0 Å². The number of phenols is 1. The van der Waals surface area contributed by atoms with E-state index < -0.39 is 10.0 Å². The number of hydrogen-bond donors (Lipinski definition) is 2. The van der Waals surface area contributed by atoms with Crippen molar-refractivity contribution in [3.05, 3.63) is 78.9 Å². The van der Waals surface area contributed by atoms with E-state index in [9.17, 15) is 13.5 Å². The van der Waals surface area contributed by atoms with E-state index in [1.807, 2.05) is 24.3 Å². The summed E-state index contributed by atoms with van der Waals surface area (Å²) >= 11 is 0. The Kier molecular flexibility index (Phi) is 3.58. The number of aromatic hydroxyl groups is 1. The van der Waals surface area contributed by atoms with Gasteiger partial charge >= 0.3 is 0 Å². The lowest BCUT2D eigenvalue weighted by atomic mass is 10.1. The van der Waals surface area contributed by atoms with Gasteiger partial charge in [0, 0.05) is 10.8 Å². The molecule has 0 bridgehead atoms. The van der Waals surface area contributed by atoms with Crippen molar-refractivity contribution in [1.29, 1.82) is 0 Å². The van der Waals surface area contributed by atoms with Crippen LogP contribution >= 0.6 is 0 Å². The SMILES string of the molecule is O=S(=O)(Nc1ccc(O)c2ccccc12)c1ccc2ccccc2c1. The number of nitrogens with one attached hydrogen (secondary N) is 1. The zero-order valence-electron chi connectivity index (χ0n) is 13.2. The van der Waals surface area contributed by atoms with Crippen molar-refractivity contribution in [2.45, 2.75) is 4.90 Å². The van der Waals surface area contributed by atoms with Gasteiger partial charge < -0.3 is 5.11 Å². The van der Waals surface area contributed by atoms with Gasteiger partial charge in [0.2, 0.25) is 0 Å². The Balaban J connectivity index is 1.80. The molecular formula is C20H15NO3S. The maximum atomic E-state index is 12.8. The number of fused-ring (bicyclic) bond motifs is 2. The molecule has 25 heavy (non-hydrogen) atoms. The summed E-state index contributed by atoms with van der Waals surface area (Å²) in [4.78, 5) is 0.198. The Hall–Kier alpha value is -3.05. The summed E-state index contributed by atoms with van der Waals surface area (Å²) < 4.78 is 28.2. The number of anilines is 1. The molecule has 0 saturated heterocycles. The number of benzene rings is 4. The molecule has 0 aliphatic rings. The first-order chi connectivity index (χ1) is 12.0. The highest BCUT2D eigenvalue weighted by atomic mass is 32.2. The summed E-state index contributed by atoms with van der Waals surface area (Å²) in [6, 6.07) is 22.8. The van der Waals surface area contributed by atoms with Gasteiger partial charge in [-0.05, 0) is 35.0 Å². The van der Waals surface area contributed by atoms with Crippen molar-refractivity contribution in [1.82, 2.24) is 0 Å². The summed E-state index contributed by atoms with van der Waals surface area (Å²) in [7, 11) is -3.74. The van der Waals surface area contributed by atoms with E-state index >= 15 is 0 Å². The van der Waals surface area contributed by atoms with Crippen molar-refractivity contribution in [3.63, 3.8) is 0 Å². The molecule has 0 radical (unpaired) electrons. The van der Waals surface area contributed by atoms with Crippen LogP contribution in [0.15, 0.2) is 83.8 Å². The molecule has 0 atom stereocenters. The van der Waals surface area contributed by atoms with Crippen molar-refractivity contribution >= 4 is 37.3 Å². The summed E-state index contributed by atoms with van der Waals surface area (Å²) in [6.45, 7) is 0. The van der Waals surface area contributed by atoms with E-state index in [0.29, 0.717) is 16.5 Å². The second-order valence-corrected chi connectivity index (χ2v) is 7.47. The molecule has 2 N–H and O–H groups in total. The minimum atomic E-state index is -3.74. The van der Waals surface area contributed by atoms with E-state index in [2.05, 4.69) is 4.72 Å². The molecule has 4 aromatic carbocycles. The fourth-order valence-corrected chi connectivity index (χ4v) is 4.03. The van der Waals surface area contributed by atoms with Crippen LogP contribution in [0.3, 0.4) is 0 Å². The van der Waals surface area contributed by atoms with E-state index in [-0.39, 0.29) is 10.6 Å². The molecule has 124 valence electrons. The highest BCUT2D eigenvalue weighted by molar-refractivity contribution is 7.92. The zero-order valence-corrected chi connectivity index (χ0v) is 14.0. The highest BCUT2D eigenvalue weighted by Crippen LogP contribution is 2.32. The second-order valence-electron chi connectivity index (χ2n) is 5.79. The number of rotatable bonds is 3. The molecule has 0 fully saturated rings. The van der Waals surface area contributed by atoms with E-state index in [0.717, 1.165) is 10.8 Å². The first-order valence-electron chi connectivity index (χ1n) is 7.77. The molecule has 0 aliphatic heterocycles. The monoisotopic (exact) mass is 349 g/mol. The van der Waals surface area contributed by atoms with Crippen molar-refractivity contribution in [2.75, 3.05) is 4.72 Å². The Bertz CT molecular complexity index is 1200. The predicted molar refractivity (Wildman–Crippen MR) is 100 cm³/mol. The van der Waals surface area contributed by atoms with Crippen LogP contribution in [0.5, 0.6) is 5.75 Å².